The Morgan fingerprint density at radius 2 is 0.843 bits per heavy atom. The van der Waals surface area contributed by atoms with E-state index in [1.54, 1.807) is 37.3 Å². The van der Waals surface area contributed by atoms with Gasteiger partial charge in [0.15, 0.2) is 5.96 Å². The Morgan fingerprint density at radius 3 is 1.27 bits per heavy atom. The fourth-order valence-electron chi connectivity index (χ4n) is 8.42. The molecule has 0 radical (unpaired) electrons. The second kappa shape index (κ2) is 38.6. The van der Waals surface area contributed by atoms with Crippen molar-refractivity contribution >= 4 is 83.0 Å². The van der Waals surface area contributed by atoms with Crippen molar-refractivity contribution in [3.63, 3.8) is 0 Å². The van der Waals surface area contributed by atoms with Crippen LogP contribution in [-0.2, 0) is 75.2 Å². The number of phenols is 1. The second-order valence-electron chi connectivity index (χ2n) is 21.1. The number of amides is 9. The fourth-order valence-corrected chi connectivity index (χ4v) is 8.42. The number of carboxylic acid groups (broad SMARTS) is 4. The van der Waals surface area contributed by atoms with E-state index in [0.29, 0.717) is 5.56 Å². The molecule has 0 saturated heterocycles. The Morgan fingerprint density at radius 1 is 0.461 bits per heavy atom. The molecule has 22 N–H and O–H groups in total. The van der Waals surface area contributed by atoms with Crippen LogP contribution in [0.2, 0.25) is 0 Å². The van der Waals surface area contributed by atoms with Crippen LogP contribution in [0.25, 0.3) is 0 Å². The molecule has 0 heterocycles. The lowest BCUT2D eigenvalue weighted by Gasteiger charge is -2.29. The number of nitrogens with two attached hydrogens (primary N) is 3. The van der Waals surface area contributed by atoms with Gasteiger partial charge in [-0.3, -0.25) is 62.5 Å². The van der Waals surface area contributed by atoms with Gasteiger partial charge in [-0.15, -0.1) is 0 Å². The van der Waals surface area contributed by atoms with Crippen LogP contribution in [0, 0.1) is 11.8 Å². The van der Waals surface area contributed by atoms with Gasteiger partial charge < -0.3 is 101 Å². The third kappa shape index (κ3) is 27.8. The summed E-state index contributed by atoms with van der Waals surface area (Å²) in [5, 5.41) is 89.7. The summed E-state index contributed by atoms with van der Waals surface area (Å²) in [6.45, 7) is 4.12. The van der Waals surface area contributed by atoms with Crippen LogP contribution >= 0.6 is 0 Å². The number of benzene rings is 2. The van der Waals surface area contributed by atoms with E-state index in [4.69, 9.17) is 17.2 Å². The van der Waals surface area contributed by atoms with E-state index >= 15 is 0 Å². The minimum Gasteiger partial charge on any atom is -0.508 e. The Hall–Kier alpha value is -9.50. The number of carbonyl (C=O) groups is 13. The molecular formula is C56H83N13O20. The predicted molar refractivity (Wildman–Crippen MR) is 314 cm³/mol. The van der Waals surface area contributed by atoms with E-state index in [9.17, 15) is 98.1 Å². The summed E-state index contributed by atoms with van der Waals surface area (Å²) < 4.78 is 0. The summed E-state index contributed by atoms with van der Waals surface area (Å²) in [5.41, 5.74) is 17.0. The van der Waals surface area contributed by atoms with Gasteiger partial charge in [0.25, 0.3) is 0 Å². The highest BCUT2D eigenvalue weighted by Crippen LogP contribution is 2.15. The van der Waals surface area contributed by atoms with Gasteiger partial charge in [-0.2, -0.15) is 0 Å². The number of nitrogens with zero attached hydrogens (tertiary/aromatic N) is 1. The van der Waals surface area contributed by atoms with Crippen LogP contribution in [0.5, 0.6) is 5.75 Å². The molecule has 33 heteroatoms. The molecule has 0 saturated carbocycles. The first-order chi connectivity index (χ1) is 41.9. The molecule has 0 unspecified atom stereocenters. The molecule has 11 atom stereocenters. The van der Waals surface area contributed by atoms with E-state index in [1.165, 1.54) is 45.0 Å². The van der Waals surface area contributed by atoms with Gasteiger partial charge in [-0.25, -0.2) is 4.79 Å². The highest BCUT2D eigenvalue weighted by molar-refractivity contribution is 5.99. The van der Waals surface area contributed by atoms with Gasteiger partial charge in [0.1, 0.15) is 66.2 Å². The van der Waals surface area contributed by atoms with Crippen LogP contribution < -0.4 is 65.1 Å². The van der Waals surface area contributed by atoms with Gasteiger partial charge in [0, 0.05) is 38.6 Å². The molecule has 492 valence electrons. The number of guanidine groups is 1. The van der Waals surface area contributed by atoms with Crippen molar-refractivity contribution in [2.24, 2.45) is 34.0 Å². The van der Waals surface area contributed by atoms with E-state index in [-0.39, 0.29) is 49.5 Å². The lowest BCUT2D eigenvalue weighted by molar-refractivity contribution is -0.142. The molecule has 0 aromatic heterocycles. The number of rotatable bonds is 41. The number of aliphatic hydroxyl groups is 2. The van der Waals surface area contributed by atoms with Crippen molar-refractivity contribution in [2.75, 3.05) is 19.8 Å². The summed E-state index contributed by atoms with van der Waals surface area (Å²) in [4.78, 5) is 176. The third-order valence-electron chi connectivity index (χ3n) is 13.7. The van der Waals surface area contributed by atoms with Crippen molar-refractivity contribution in [3.05, 3.63) is 65.7 Å². The minimum atomic E-state index is -1.89. The number of aliphatic carboxylic acids is 4. The molecule has 2 rings (SSSR count). The molecule has 0 spiro atoms. The number of hydrogen-bond acceptors (Lipinski definition) is 18. The first kappa shape index (κ1) is 75.6. The molecule has 2 aromatic carbocycles. The van der Waals surface area contributed by atoms with Crippen molar-refractivity contribution in [1.82, 2.24) is 47.9 Å². The van der Waals surface area contributed by atoms with E-state index in [0.717, 1.165) is 0 Å². The standard InChI is InChI=1S/C56H83N13O20/c1-5-29(4)45(69-49(82)35(18-21-42(75)76)61-46(79)33(57)26-70)54(87)67-40(27-71)52(85)66-39(25-31-13-15-32(72)16-14-31)50(83)62-36(19-22-43(77)78)48(81)68-44(28(2)3)53(86)63-34(17-20-41(73)74)47(80)65-38(24-30-10-7-6-8-11-30)51(84)64-37(55(88)89)12-9-23-60-56(58)59/h6-8,10-11,13-16,28-29,33-40,44-45,70-72H,5,9,12,17-27,57H2,1-4H3,(H,61,79)(H,62,83)(H,63,86)(H,64,84)(H,65,80)(H,66,85)(H,67,87)(H,68,81)(H,69,82)(H,73,74)(H,75,76)(H,77,78)(H,88,89)(H4,58,59,60)/t29-,33-,34-,35-,36-,37-,38-,39-,40-,44-,45-/m0/s1. The zero-order valence-electron chi connectivity index (χ0n) is 49.6. The lowest BCUT2D eigenvalue weighted by atomic mass is 9.97. The Bertz CT molecular complexity index is 2790. The minimum absolute atomic E-state index is 0.0269. The molecule has 0 aliphatic rings. The number of phenolic OH excluding ortho intramolecular Hbond substituents is 1. The number of aliphatic imine (C=N–C) groups is 1. The Balaban J connectivity index is 2.51. The van der Waals surface area contributed by atoms with Gasteiger partial charge in [0.05, 0.1) is 13.2 Å². The van der Waals surface area contributed by atoms with Gasteiger partial charge in [-0.05, 0) is 67.2 Å². The molecule has 89 heavy (non-hydrogen) atoms. The molecule has 0 bridgehead atoms. The van der Waals surface area contributed by atoms with Gasteiger partial charge in [0.2, 0.25) is 53.2 Å². The van der Waals surface area contributed by atoms with Crippen molar-refractivity contribution in [2.45, 2.75) is 159 Å². The van der Waals surface area contributed by atoms with Crippen LogP contribution in [-0.4, -0.2) is 199 Å². The zero-order valence-corrected chi connectivity index (χ0v) is 49.6. The van der Waals surface area contributed by atoms with Crippen molar-refractivity contribution < 1.29 is 98.1 Å². The third-order valence-corrected chi connectivity index (χ3v) is 13.7. The van der Waals surface area contributed by atoms with E-state index in [1.807, 2.05) is 0 Å². The van der Waals surface area contributed by atoms with Gasteiger partial charge in [-0.1, -0.05) is 76.6 Å². The summed E-state index contributed by atoms with van der Waals surface area (Å²) in [5.74, 6) is -17.6. The van der Waals surface area contributed by atoms with Gasteiger partial charge >= 0.3 is 23.9 Å². The average molecular weight is 1260 g/mol. The predicted octanol–water partition coefficient (Wildman–Crippen LogP) is -4.71. The molecule has 2 aromatic rings. The summed E-state index contributed by atoms with van der Waals surface area (Å²) in [6, 6.07) is -3.11. The van der Waals surface area contributed by atoms with Crippen molar-refractivity contribution in [1.29, 1.82) is 0 Å². The maximum atomic E-state index is 14.4. The number of aliphatic hydroxyl groups excluding tert-OH is 2. The van der Waals surface area contributed by atoms with Crippen LogP contribution in [0.3, 0.4) is 0 Å². The average Bonchev–Trinajstić information content (AvgIpc) is 2.67. The second-order valence-corrected chi connectivity index (χ2v) is 21.1. The Kier molecular flexibility index (Phi) is 32.8. The summed E-state index contributed by atoms with van der Waals surface area (Å²) in [6.07, 6.45) is -4.32. The topological polar surface area (TPSA) is 562 Å². The normalized spacial score (nSPS) is 14.7. The SMILES string of the molecule is CC[C@H](C)[C@H](NC(=O)[C@H](CCC(=O)O)NC(=O)[C@@H](N)CO)C(=O)N[C@@H](CO)C(=O)N[C@@H](Cc1ccc(O)cc1)C(=O)N[C@@H](CCC(=O)O)C(=O)N[C@H](C(=O)N[C@@H](CCC(=O)O)C(=O)N[C@@H](Cc1ccccc1)C(=O)N[C@@H](CCCN=C(N)N)C(=O)O)C(C)C. The summed E-state index contributed by atoms with van der Waals surface area (Å²) in [7, 11) is 0. The van der Waals surface area contributed by atoms with E-state index in [2.05, 4.69) is 52.8 Å². The first-order valence-corrected chi connectivity index (χ1v) is 28.4. The van der Waals surface area contributed by atoms with Crippen LogP contribution in [0.15, 0.2) is 59.6 Å². The first-order valence-electron chi connectivity index (χ1n) is 28.4. The highest BCUT2D eigenvalue weighted by atomic mass is 16.4. The number of hydrogen-bond donors (Lipinski definition) is 19. The smallest absolute Gasteiger partial charge is 0.326 e. The molecule has 33 nitrogen and oxygen atoms in total. The zero-order chi connectivity index (χ0) is 67.1. The monoisotopic (exact) mass is 1260 g/mol. The highest BCUT2D eigenvalue weighted by Gasteiger charge is 2.37. The maximum absolute atomic E-state index is 14.4. The molecule has 0 fully saturated rings. The number of carboxylic acids is 4. The number of carbonyl (C=O) groups excluding carboxylic acids is 9. The molecule has 0 aliphatic carbocycles. The quantitative estimate of drug-likeness (QED) is 0.0169. The maximum Gasteiger partial charge on any atom is 0.326 e. The number of aromatic hydroxyl groups is 1. The fraction of sp³-hybridized carbons (Fsp3) is 0.536. The molecule has 9 amide bonds. The van der Waals surface area contributed by atoms with E-state index < -0.39 is 207 Å². The van der Waals surface area contributed by atoms with Crippen LogP contribution in [0.4, 0.5) is 0 Å². The van der Waals surface area contributed by atoms with Crippen molar-refractivity contribution in [3.8, 4) is 5.75 Å². The number of nitrogens with one attached hydrogen (secondary N) is 9. The largest absolute Gasteiger partial charge is 0.508 e. The molecule has 0 aliphatic heterocycles. The Labute approximate surface area is 511 Å². The lowest BCUT2D eigenvalue weighted by Crippen LogP contribution is -2.62. The molecular weight excluding hydrogens is 1170 g/mol. The van der Waals surface area contributed by atoms with Crippen LogP contribution in [0.1, 0.15) is 96.6 Å². The summed E-state index contributed by atoms with van der Waals surface area (Å²) >= 11 is 0.